The van der Waals surface area contributed by atoms with Gasteiger partial charge in [0, 0.05) is 0 Å². The molecule has 0 saturated heterocycles. The summed E-state index contributed by atoms with van der Waals surface area (Å²) in [6.45, 7) is 1.10. The largest absolute Gasteiger partial charge is 0.303 e. The number of rotatable bonds is 3. The van der Waals surface area contributed by atoms with Crippen molar-refractivity contribution in [1.29, 1.82) is 0 Å². The van der Waals surface area contributed by atoms with E-state index in [4.69, 9.17) is 4.55 Å². The van der Waals surface area contributed by atoms with Crippen molar-refractivity contribution in [2.45, 2.75) is 12.2 Å². The third kappa shape index (κ3) is 3.41. The second kappa shape index (κ2) is 3.11. The lowest BCUT2D eigenvalue weighted by Crippen LogP contribution is -2.24. The summed E-state index contributed by atoms with van der Waals surface area (Å²) in [5.41, 5.74) is 0. The van der Waals surface area contributed by atoms with Gasteiger partial charge in [0.2, 0.25) is 0 Å². The van der Waals surface area contributed by atoms with Gasteiger partial charge in [-0.1, -0.05) is 0 Å². The van der Waals surface area contributed by atoms with E-state index < -0.39 is 15.4 Å². The molecule has 0 aromatic carbocycles. The molecule has 1 unspecified atom stereocenters. The van der Waals surface area contributed by atoms with Gasteiger partial charge in [-0.05, 0) is 6.92 Å². The van der Waals surface area contributed by atoms with Gasteiger partial charge in [-0.3, -0.25) is 4.55 Å². The van der Waals surface area contributed by atoms with Crippen molar-refractivity contribution in [3.05, 3.63) is 0 Å². The molecule has 0 saturated carbocycles. The molecular formula is C3H9NO4S. The van der Waals surface area contributed by atoms with Crippen LogP contribution in [-0.2, 0) is 15.0 Å². The molecule has 6 heteroatoms. The average molecular weight is 155 g/mol. The smallest absolute Gasteiger partial charge is 0.269 e. The summed E-state index contributed by atoms with van der Waals surface area (Å²) in [6, 6.07) is 0. The molecule has 0 aliphatic carbocycles. The zero-order valence-electron chi connectivity index (χ0n) is 4.94. The van der Waals surface area contributed by atoms with Gasteiger partial charge < -0.3 is 4.84 Å². The lowest BCUT2D eigenvalue weighted by Gasteiger charge is -2.03. The van der Waals surface area contributed by atoms with Crippen LogP contribution >= 0.6 is 0 Å². The van der Waals surface area contributed by atoms with Crippen molar-refractivity contribution in [3.63, 3.8) is 0 Å². The van der Waals surface area contributed by atoms with Crippen LogP contribution in [0.3, 0.4) is 0 Å². The molecule has 0 aromatic rings. The lowest BCUT2D eigenvalue weighted by atomic mass is 10.5. The van der Waals surface area contributed by atoms with Crippen LogP contribution in [0.5, 0.6) is 0 Å². The zero-order valence-corrected chi connectivity index (χ0v) is 5.76. The maximum atomic E-state index is 10.1. The van der Waals surface area contributed by atoms with E-state index in [1.807, 2.05) is 0 Å². The van der Waals surface area contributed by atoms with Crippen molar-refractivity contribution < 1.29 is 17.8 Å². The summed E-state index contributed by atoms with van der Waals surface area (Å²) in [4.78, 5) is 3.99. The Labute approximate surface area is 53.5 Å². The minimum absolute atomic E-state index is 0.196. The third-order valence-electron chi connectivity index (χ3n) is 0.839. The predicted octanol–water partition coefficient (Wildman–Crippen LogP) is -0.847. The van der Waals surface area contributed by atoms with E-state index >= 15 is 0 Å². The third-order valence-corrected chi connectivity index (χ3v) is 1.99. The molecule has 0 amide bonds. The standard InChI is InChI=1S/C3H9NO4S/c1-3(2-8-4)9(5,6)7/h3H,2,4H2,1H3,(H,5,6,7). The van der Waals surface area contributed by atoms with E-state index in [0.29, 0.717) is 0 Å². The molecule has 0 radical (unpaired) electrons. The maximum Gasteiger partial charge on any atom is 0.269 e. The fraction of sp³-hybridized carbons (Fsp3) is 1.00. The molecule has 0 spiro atoms. The van der Waals surface area contributed by atoms with E-state index in [1.165, 1.54) is 6.92 Å². The highest BCUT2D eigenvalue weighted by Gasteiger charge is 2.16. The fourth-order valence-electron chi connectivity index (χ4n) is 0.221. The first-order chi connectivity index (χ1) is 3.98. The highest BCUT2D eigenvalue weighted by atomic mass is 32.2. The Morgan fingerprint density at radius 1 is 1.78 bits per heavy atom. The molecule has 56 valence electrons. The van der Waals surface area contributed by atoms with Crippen LogP contribution in [0.15, 0.2) is 0 Å². The molecule has 0 aliphatic heterocycles. The summed E-state index contributed by atoms with van der Waals surface area (Å²) in [5, 5.41) is -0.956. The zero-order chi connectivity index (χ0) is 7.49. The second-order valence-electron chi connectivity index (χ2n) is 1.66. The molecule has 0 aliphatic rings. The predicted molar refractivity (Wildman–Crippen MR) is 31.1 cm³/mol. The van der Waals surface area contributed by atoms with E-state index in [2.05, 4.69) is 10.7 Å². The Morgan fingerprint density at radius 2 is 2.22 bits per heavy atom. The summed E-state index contributed by atoms with van der Waals surface area (Å²) < 4.78 is 28.5. The molecule has 9 heavy (non-hydrogen) atoms. The Kier molecular flexibility index (Phi) is 3.06. The normalized spacial score (nSPS) is 15.4. The monoisotopic (exact) mass is 155 g/mol. The van der Waals surface area contributed by atoms with Crippen molar-refractivity contribution >= 4 is 10.1 Å². The lowest BCUT2D eigenvalue weighted by molar-refractivity contribution is 0.138. The van der Waals surface area contributed by atoms with Crippen molar-refractivity contribution in [2.24, 2.45) is 5.90 Å². The van der Waals surface area contributed by atoms with Crippen LogP contribution in [0.4, 0.5) is 0 Å². The van der Waals surface area contributed by atoms with Crippen molar-refractivity contribution in [2.75, 3.05) is 6.61 Å². The average Bonchev–Trinajstić information content (AvgIpc) is 1.64. The molecule has 0 heterocycles. The van der Waals surface area contributed by atoms with Crippen LogP contribution in [0.1, 0.15) is 6.92 Å². The highest BCUT2D eigenvalue weighted by molar-refractivity contribution is 7.86. The first kappa shape index (κ1) is 8.83. The number of nitrogens with two attached hydrogens (primary N) is 1. The van der Waals surface area contributed by atoms with Gasteiger partial charge in [0.15, 0.2) is 0 Å². The van der Waals surface area contributed by atoms with E-state index in [9.17, 15) is 8.42 Å². The Balaban J connectivity index is 3.90. The van der Waals surface area contributed by atoms with Gasteiger partial charge in [-0.15, -0.1) is 0 Å². The molecule has 0 aromatic heterocycles. The minimum atomic E-state index is -3.97. The quantitative estimate of drug-likeness (QED) is 0.409. The molecular weight excluding hydrogens is 146 g/mol. The molecule has 0 fully saturated rings. The Hall–Kier alpha value is -0.170. The first-order valence-electron chi connectivity index (χ1n) is 2.26. The van der Waals surface area contributed by atoms with Crippen LogP contribution < -0.4 is 5.90 Å². The maximum absolute atomic E-state index is 10.1. The van der Waals surface area contributed by atoms with Crippen molar-refractivity contribution in [3.8, 4) is 0 Å². The van der Waals surface area contributed by atoms with Crippen LogP contribution in [0, 0.1) is 0 Å². The number of hydrogen-bond acceptors (Lipinski definition) is 4. The second-order valence-corrected chi connectivity index (χ2v) is 3.49. The van der Waals surface area contributed by atoms with Gasteiger partial charge in [0.25, 0.3) is 10.1 Å². The summed E-state index contributed by atoms with van der Waals surface area (Å²) in [7, 11) is -3.97. The van der Waals surface area contributed by atoms with Gasteiger partial charge in [-0.25, -0.2) is 5.90 Å². The molecule has 0 rings (SSSR count). The van der Waals surface area contributed by atoms with Gasteiger partial charge in [0.05, 0.1) is 6.61 Å². The highest BCUT2D eigenvalue weighted by Crippen LogP contribution is 1.95. The molecule has 3 N–H and O–H groups in total. The topological polar surface area (TPSA) is 89.6 Å². The van der Waals surface area contributed by atoms with Gasteiger partial charge in [-0.2, -0.15) is 8.42 Å². The van der Waals surface area contributed by atoms with E-state index in [-0.39, 0.29) is 6.61 Å². The molecule has 1 atom stereocenters. The minimum Gasteiger partial charge on any atom is -0.303 e. The fourth-order valence-corrected chi connectivity index (χ4v) is 0.472. The molecule has 0 bridgehead atoms. The summed E-state index contributed by atoms with van der Waals surface area (Å²) in [5.74, 6) is 4.55. The number of hydrogen-bond donors (Lipinski definition) is 2. The summed E-state index contributed by atoms with van der Waals surface area (Å²) >= 11 is 0. The van der Waals surface area contributed by atoms with Gasteiger partial charge in [0.1, 0.15) is 5.25 Å². The van der Waals surface area contributed by atoms with Crippen molar-refractivity contribution in [1.82, 2.24) is 0 Å². The first-order valence-corrected chi connectivity index (χ1v) is 3.76. The van der Waals surface area contributed by atoms with E-state index in [0.717, 1.165) is 0 Å². The Bertz CT molecular complexity index is 163. The van der Waals surface area contributed by atoms with Gasteiger partial charge >= 0.3 is 0 Å². The summed E-state index contributed by atoms with van der Waals surface area (Å²) in [6.07, 6.45) is 0. The van der Waals surface area contributed by atoms with Crippen LogP contribution in [-0.4, -0.2) is 24.8 Å². The van der Waals surface area contributed by atoms with Crippen LogP contribution in [0.25, 0.3) is 0 Å². The van der Waals surface area contributed by atoms with E-state index in [1.54, 1.807) is 0 Å². The Morgan fingerprint density at radius 3 is 2.33 bits per heavy atom. The van der Waals surface area contributed by atoms with Crippen LogP contribution in [0.2, 0.25) is 0 Å². The molecule has 5 nitrogen and oxygen atoms in total. The SMILES string of the molecule is CC(CON)S(=O)(=O)O.